The predicted molar refractivity (Wildman–Crippen MR) is 82.1 cm³/mol. The van der Waals surface area contributed by atoms with Gasteiger partial charge in [0.15, 0.2) is 13.1 Å². The number of rotatable bonds is 3. The van der Waals surface area contributed by atoms with Crippen molar-refractivity contribution < 1.29 is 4.58 Å². The molecule has 0 spiro atoms. The highest BCUT2D eigenvalue weighted by molar-refractivity contribution is 8.38. The number of likely N-dealkylation sites (tertiary alicyclic amines) is 1. The monoisotopic (exact) mass is 291 g/mol. The van der Waals surface area contributed by atoms with Gasteiger partial charge in [0.25, 0.3) is 4.38 Å². The van der Waals surface area contributed by atoms with Crippen LogP contribution in [0.4, 0.5) is 0 Å². The topological polar surface area (TPSA) is 6.25 Å². The fourth-order valence-corrected chi connectivity index (χ4v) is 4.59. The molecular weight excluding hydrogens is 276 g/mol. The van der Waals surface area contributed by atoms with Gasteiger partial charge in [-0.3, -0.25) is 0 Å². The summed E-state index contributed by atoms with van der Waals surface area (Å²) in [7, 11) is 0. The molecule has 16 heavy (non-hydrogen) atoms. The van der Waals surface area contributed by atoms with Crippen LogP contribution in [0.1, 0.15) is 12.8 Å². The molecule has 1 saturated heterocycles. The minimum absolute atomic E-state index is 0.961. The highest BCUT2D eigenvalue weighted by Gasteiger charge is 2.26. The molecule has 0 bridgehead atoms. The van der Waals surface area contributed by atoms with Gasteiger partial charge in [-0.05, 0) is 18.0 Å². The third kappa shape index (κ3) is 2.78. The first-order valence-corrected chi connectivity index (χ1v) is 8.37. The lowest BCUT2D eigenvalue weighted by Crippen LogP contribution is -2.33. The Hall–Kier alpha value is 0.350. The van der Waals surface area contributed by atoms with Gasteiger partial charge in [0.2, 0.25) is 0 Å². The van der Waals surface area contributed by atoms with Crippen molar-refractivity contribution in [1.82, 2.24) is 4.90 Å². The van der Waals surface area contributed by atoms with E-state index in [1.807, 2.05) is 23.5 Å². The molecule has 2 heterocycles. The zero-order valence-electron chi connectivity index (χ0n) is 9.27. The van der Waals surface area contributed by atoms with Crippen molar-refractivity contribution in [3.05, 3.63) is 0 Å². The Bertz CT molecular complexity index is 335. The van der Waals surface area contributed by atoms with Gasteiger partial charge in [-0.15, -0.1) is 0 Å². The molecule has 0 saturated carbocycles. The molecule has 88 valence electrons. The van der Waals surface area contributed by atoms with Crippen LogP contribution in [0.5, 0.6) is 0 Å². The fourth-order valence-electron chi connectivity index (χ4n) is 1.91. The van der Waals surface area contributed by atoms with Crippen LogP contribution in [0.2, 0.25) is 0 Å². The van der Waals surface area contributed by atoms with E-state index < -0.39 is 0 Å². The van der Waals surface area contributed by atoms with E-state index in [2.05, 4.69) is 15.7 Å². The predicted octanol–water partition coefficient (Wildman–Crippen LogP) is 2.22. The number of hydrogen-bond donors (Lipinski definition) is 0. The zero-order chi connectivity index (χ0) is 11.5. The molecule has 0 aromatic carbocycles. The largest absolute Gasteiger partial charge is 0.324 e. The van der Waals surface area contributed by atoms with Crippen LogP contribution in [0.15, 0.2) is 0 Å². The summed E-state index contributed by atoms with van der Waals surface area (Å²) >= 11 is 14.4. The van der Waals surface area contributed by atoms with Crippen LogP contribution in [-0.4, -0.2) is 55.5 Å². The van der Waals surface area contributed by atoms with Gasteiger partial charge in [-0.25, -0.2) is 4.58 Å². The summed E-state index contributed by atoms with van der Waals surface area (Å²) in [6.07, 6.45) is 4.09. The minimum atomic E-state index is 0.961. The highest BCUT2D eigenvalue weighted by Crippen LogP contribution is 2.20. The van der Waals surface area contributed by atoms with Gasteiger partial charge < -0.3 is 4.90 Å². The highest BCUT2D eigenvalue weighted by atomic mass is 32.2. The van der Waals surface area contributed by atoms with Crippen LogP contribution in [-0.2, 0) is 0 Å². The Morgan fingerprint density at radius 3 is 2.69 bits per heavy atom. The number of nitrogens with zero attached hydrogens (tertiary/aromatic N) is 2. The lowest BCUT2D eigenvalue weighted by atomic mass is 10.4. The van der Waals surface area contributed by atoms with E-state index in [9.17, 15) is 0 Å². The van der Waals surface area contributed by atoms with E-state index in [-0.39, 0.29) is 0 Å². The summed E-state index contributed by atoms with van der Waals surface area (Å²) in [6, 6.07) is 0. The van der Waals surface area contributed by atoms with Crippen molar-refractivity contribution in [1.29, 1.82) is 0 Å². The maximum atomic E-state index is 5.32. The molecule has 0 atom stereocenters. The van der Waals surface area contributed by atoms with Gasteiger partial charge in [-0.1, -0.05) is 36.2 Å². The molecule has 0 radical (unpaired) electrons. The lowest BCUT2D eigenvalue weighted by molar-refractivity contribution is -0.514. The Kier molecular flexibility index (Phi) is 4.64. The normalized spacial score (nSPS) is 21.4. The first kappa shape index (κ1) is 12.8. The fraction of sp³-hybridized carbons (Fsp3) is 0.700. The second-order valence-electron chi connectivity index (χ2n) is 3.74. The molecule has 0 aromatic rings. The Morgan fingerprint density at radius 2 is 2.06 bits per heavy atom. The molecule has 0 amide bonds. The van der Waals surface area contributed by atoms with Gasteiger partial charge in [0.1, 0.15) is 0 Å². The summed E-state index contributed by atoms with van der Waals surface area (Å²) in [6.45, 7) is 3.17. The van der Waals surface area contributed by atoms with Crippen LogP contribution in [0.3, 0.4) is 0 Å². The van der Waals surface area contributed by atoms with E-state index in [0.717, 1.165) is 42.5 Å². The summed E-state index contributed by atoms with van der Waals surface area (Å²) in [5.74, 6) is 1.21. The maximum absolute atomic E-state index is 5.32. The van der Waals surface area contributed by atoms with E-state index >= 15 is 0 Å². The summed E-state index contributed by atoms with van der Waals surface area (Å²) in [5, 5.41) is 0. The van der Waals surface area contributed by atoms with E-state index in [1.165, 1.54) is 10.1 Å². The van der Waals surface area contributed by atoms with Crippen LogP contribution < -0.4 is 0 Å². The Labute approximate surface area is 116 Å². The molecule has 0 aromatic heterocycles. The molecular formula is C10H15N2S4+. The van der Waals surface area contributed by atoms with Crippen molar-refractivity contribution in [3.63, 3.8) is 0 Å². The molecule has 1 fully saturated rings. The van der Waals surface area contributed by atoms with Crippen LogP contribution >= 0.6 is 48.0 Å². The van der Waals surface area contributed by atoms with Crippen molar-refractivity contribution in [2.24, 2.45) is 0 Å². The third-order valence-corrected chi connectivity index (χ3v) is 5.97. The molecule has 2 rings (SSSR count). The Morgan fingerprint density at radius 1 is 1.38 bits per heavy atom. The van der Waals surface area contributed by atoms with E-state index in [0.29, 0.717) is 0 Å². The van der Waals surface area contributed by atoms with Gasteiger partial charge >= 0.3 is 0 Å². The average molecular weight is 292 g/mol. The molecule has 2 nitrogen and oxygen atoms in total. The number of thiocarbonyl (C=S) groups is 2. The standard InChI is InChI=1S/C10H15N2S4/c1-15-10-11(6-7-16-10)4-5-12-8(13)2-3-9(12)14/h2-7H2,1H3/q+1. The maximum Gasteiger partial charge on any atom is 0.270 e. The first-order valence-electron chi connectivity index (χ1n) is 5.34. The van der Waals surface area contributed by atoms with Gasteiger partial charge in [0.05, 0.1) is 22.3 Å². The number of hydrogen-bond acceptors (Lipinski definition) is 4. The molecule has 0 aliphatic carbocycles. The van der Waals surface area contributed by atoms with E-state index in [4.69, 9.17) is 24.4 Å². The summed E-state index contributed by atoms with van der Waals surface area (Å²) in [4.78, 5) is 4.20. The second kappa shape index (κ2) is 5.80. The SMILES string of the molecule is CSC1=[N+](CCN2C(=S)CCC2=S)CCS1. The molecule has 6 heteroatoms. The first-order chi connectivity index (χ1) is 7.72. The third-order valence-electron chi connectivity index (χ3n) is 2.77. The lowest BCUT2D eigenvalue weighted by Gasteiger charge is -2.16. The summed E-state index contributed by atoms with van der Waals surface area (Å²) in [5.41, 5.74) is 0. The quantitative estimate of drug-likeness (QED) is 0.579. The van der Waals surface area contributed by atoms with Gasteiger partial charge in [-0.2, -0.15) is 0 Å². The molecule has 2 aliphatic heterocycles. The van der Waals surface area contributed by atoms with Crippen molar-refractivity contribution in [3.8, 4) is 0 Å². The second-order valence-corrected chi connectivity index (χ2v) is 6.82. The average Bonchev–Trinajstić information content (AvgIpc) is 2.84. The van der Waals surface area contributed by atoms with Crippen molar-refractivity contribution >= 4 is 62.3 Å². The van der Waals surface area contributed by atoms with Crippen molar-refractivity contribution in [2.45, 2.75) is 12.8 Å². The van der Waals surface area contributed by atoms with Crippen LogP contribution in [0.25, 0.3) is 0 Å². The van der Waals surface area contributed by atoms with Crippen LogP contribution in [0, 0.1) is 0 Å². The molecule has 0 N–H and O–H groups in total. The number of thioether (sulfide) groups is 2. The smallest absolute Gasteiger partial charge is 0.270 e. The molecule has 0 unspecified atom stereocenters. The Balaban J connectivity index is 1.92. The van der Waals surface area contributed by atoms with Crippen molar-refractivity contribution in [2.75, 3.05) is 31.6 Å². The van der Waals surface area contributed by atoms with E-state index in [1.54, 1.807) is 0 Å². The molecule has 2 aliphatic rings. The zero-order valence-corrected chi connectivity index (χ0v) is 12.5. The van der Waals surface area contributed by atoms with Gasteiger partial charge in [0, 0.05) is 12.8 Å². The summed E-state index contributed by atoms with van der Waals surface area (Å²) < 4.78 is 3.88. The minimum Gasteiger partial charge on any atom is -0.324 e.